The molecule has 158 valence electrons. The highest BCUT2D eigenvalue weighted by atomic mass is 16.6. The minimum absolute atomic E-state index is 0.0574. The van der Waals surface area contributed by atoms with Gasteiger partial charge in [-0.2, -0.15) is 4.98 Å². The molecule has 0 radical (unpaired) electrons. The van der Waals surface area contributed by atoms with Crippen molar-refractivity contribution in [3.8, 4) is 0 Å². The van der Waals surface area contributed by atoms with E-state index in [1.165, 1.54) is 4.57 Å². The number of aromatic amines is 1. The maximum absolute atomic E-state index is 12.2. The van der Waals surface area contributed by atoms with Crippen molar-refractivity contribution in [2.24, 2.45) is 5.73 Å². The molecule has 0 saturated carbocycles. The molecule has 2 aromatic heterocycles. The van der Waals surface area contributed by atoms with Crippen molar-refractivity contribution < 1.29 is 34.8 Å². The van der Waals surface area contributed by atoms with E-state index in [2.05, 4.69) is 20.3 Å². The highest BCUT2D eigenvalue weighted by Crippen LogP contribution is 2.30. The summed E-state index contributed by atoms with van der Waals surface area (Å²) < 4.78 is 6.59. The standard InChI is InChI=1S/C15H20N6O8/c16-5(1-2-7(23)24)12(27)19-15-18-11-8(13(28)20-15)17-4-21(11)14-10(26)9(25)6(3-22)29-14/h4-6,9-10,14,22,25-26H,1-3,16H2,(H,23,24)(H2,18,19,20,27,28)/t5-,6+,9+,10+,14+/m0/s1. The Morgan fingerprint density at radius 3 is 2.72 bits per heavy atom. The SMILES string of the molecule is N[C@@H](CCC(=O)O)C(=O)Nc1nc2c(ncn2[C@@H]2O[C@H](CO)[C@@H](O)[C@H]2O)c(=O)[nH]1. The van der Waals surface area contributed by atoms with Crippen molar-refractivity contribution in [3.63, 3.8) is 0 Å². The smallest absolute Gasteiger partial charge is 0.303 e. The van der Waals surface area contributed by atoms with Gasteiger partial charge < -0.3 is 30.9 Å². The number of carboxylic acids is 1. The number of aliphatic hydroxyl groups excluding tert-OH is 3. The molecular weight excluding hydrogens is 392 g/mol. The topological polar surface area (TPSA) is 226 Å². The second-order valence-electron chi connectivity index (χ2n) is 6.50. The number of aliphatic hydroxyl groups is 3. The van der Waals surface area contributed by atoms with Crippen LogP contribution in [0.15, 0.2) is 11.1 Å². The van der Waals surface area contributed by atoms with E-state index in [-0.39, 0.29) is 30.0 Å². The molecule has 3 heterocycles. The van der Waals surface area contributed by atoms with Gasteiger partial charge in [-0.25, -0.2) is 4.98 Å². The summed E-state index contributed by atoms with van der Waals surface area (Å²) in [7, 11) is 0. The molecule has 8 N–H and O–H groups in total. The molecule has 0 aromatic carbocycles. The number of amides is 1. The van der Waals surface area contributed by atoms with Crippen molar-refractivity contribution >= 4 is 29.0 Å². The first-order chi connectivity index (χ1) is 13.7. The molecule has 1 aliphatic heterocycles. The summed E-state index contributed by atoms with van der Waals surface area (Å²) in [5, 5.41) is 40.2. The summed E-state index contributed by atoms with van der Waals surface area (Å²) in [6.07, 6.45) is -4.27. The summed E-state index contributed by atoms with van der Waals surface area (Å²) in [5.41, 5.74) is 4.75. The second kappa shape index (κ2) is 8.22. The fourth-order valence-electron chi connectivity index (χ4n) is 2.90. The second-order valence-corrected chi connectivity index (χ2v) is 6.50. The lowest BCUT2D eigenvalue weighted by Gasteiger charge is -2.16. The third kappa shape index (κ3) is 4.10. The van der Waals surface area contributed by atoms with Crippen molar-refractivity contribution in [3.05, 3.63) is 16.7 Å². The van der Waals surface area contributed by atoms with Crippen LogP contribution in [0.25, 0.3) is 11.2 Å². The van der Waals surface area contributed by atoms with Crippen molar-refractivity contribution in [2.75, 3.05) is 11.9 Å². The molecule has 29 heavy (non-hydrogen) atoms. The molecular formula is C15H20N6O8. The highest BCUT2D eigenvalue weighted by Gasteiger charge is 2.44. The molecule has 14 nitrogen and oxygen atoms in total. The van der Waals surface area contributed by atoms with Crippen LogP contribution in [0.4, 0.5) is 5.95 Å². The normalized spacial score (nSPS) is 25.2. The Morgan fingerprint density at radius 1 is 1.38 bits per heavy atom. The molecule has 14 heteroatoms. The van der Waals surface area contributed by atoms with E-state index in [9.17, 15) is 29.7 Å². The molecule has 5 atom stereocenters. The van der Waals surface area contributed by atoms with Gasteiger partial charge in [0.2, 0.25) is 11.9 Å². The largest absolute Gasteiger partial charge is 0.481 e. The van der Waals surface area contributed by atoms with Gasteiger partial charge in [0.05, 0.1) is 19.0 Å². The fraction of sp³-hybridized carbons (Fsp3) is 0.533. The molecule has 0 unspecified atom stereocenters. The van der Waals surface area contributed by atoms with Crippen LogP contribution >= 0.6 is 0 Å². The number of nitrogens with two attached hydrogens (primary N) is 1. The molecule has 1 amide bonds. The number of hydrogen-bond donors (Lipinski definition) is 7. The van der Waals surface area contributed by atoms with E-state index in [0.717, 1.165) is 6.33 Å². The average molecular weight is 412 g/mol. The van der Waals surface area contributed by atoms with Crippen molar-refractivity contribution in [1.82, 2.24) is 19.5 Å². The Balaban J connectivity index is 1.87. The maximum Gasteiger partial charge on any atom is 0.303 e. The summed E-state index contributed by atoms with van der Waals surface area (Å²) >= 11 is 0. The first kappa shape index (κ1) is 20.8. The van der Waals surface area contributed by atoms with Gasteiger partial charge in [-0.15, -0.1) is 0 Å². The zero-order valence-corrected chi connectivity index (χ0v) is 14.9. The number of aliphatic carboxylic acids is 1. The van der Waals surface area contributed by atoms with Gasteiger partial charge in [0.1, 0.15) is 18.3 Å². The number of fused-ring (bicyclic) bond motifs is 1. The summed E-state index contributed by atoms with van der Waals surface area (Å²) in [5.74, 6) is -2.14. The van der Waals surface area contributed by atoms with Gasteiger partial charge in [-0.1, -0.05) is 0 Å². The zero-order chi connectivity index (χ0) is 21.3. The number of ether oxygens (including phenoxy) is 1. The van der Waals surface area contributed by atoms with Crippen LogP contribution in [0.5, 0.6) is 0 Å². The Kier molecular flexibility index (Phi) is 5.90. The van der Waals surface area contributed by atoms with Gasteiger partial charge in [-0.05, 0) is 6.42 Å². The third-order valence-electron chi connectivity index (χ3n) is 4.47. The highest BCUT2D eigenvalue weighted by molar-refractivity contribution is 5.93. The predicted octanol–water partition coefficient (Wildman–Crippen LogP) is -3.14. The first-order valence-electron chi connectivity index (χ1n) is 8.60. The van der Waals surface area contributed by atoms with Crippen LogP contribution in [0, 0.1) is 0 Å². The molecule has 0 spiro atoms. The lowest BCUT2D eigenvalue weighted by molar-refractivity contribution is -0.137. The van der Waals surface area contributed by atoms with E-state index in [1.807, 2.05) is 0 Å². The van der Waals surface area contributed by atoms with Crippen LogP contribution in [-0.2, 0) is 14.3 Å². The molecule has 0 bridgehead atoms. The van der Waals surface area contributed by atoms with Crippen LogP contribution in [0.3, 0.4) is 0 Å². The number of H-pyrrole nitrogens is 1. The number of rotatable bonds is 7. The van der Waals surface area contributed by atoms with Crippen LogP contribution in [0.2, 0.25) is 0 Å². The van der Waals surface area contributed by atoms with Crippen LogP contribution in [0.1, 0.15) is 19.1 Å². The minimum atomic E-state index is -1.42. The number of aromatic nitrogens is 4. The third-order valence-corrected chi connectivity index (χ3v) is 4.47. The van der Waals surface area contributed by atoms with Crippen molar-refractivity contribution in [1.29, 1.82) is 0 Å². The quantitative estimate of drug-likeness (QED) is 0.240. The number of imidazole rings is 1. The summed E-state index contributed by atoms with van der Waals surface area (Å²) in [4.78, 5) is 45.2. The number of nitrogens with one attached hydrogen (secondary N) is 2. The van der Waals surface area contributed by atoms with E-state index in [0.29, 0.717) is 0 Å². The van der Waals surface area contributed by atoms with Gasteiger partial charge in [-0.3, -0.25) is 29.3 Å². The summed E-state index contributed by atoms with van der Waals surface area (Å²) in [6.45, 7) is -0.537. The molecule has 1 fully saturated rings. The summed E-state index contributed by atoms with van der Waals surface area (Å²) in [6, 6.07) is -1.14. The fourth-order valence-corrected chi connectivity index (χ4v) is 2.90. The number of carbonyl (C=O) groups excluding carboxylic acids is 1. The van der Waals surface area contributed by atoms with E-state index >= 15 is 0 Å². The first-order valence-corrected chi connectivity index (χ1v) is 8.60. The number of nitrogens with zero attached hydrogens (tertiary/aromatic N) is 3. The molecule has 3 rings (SSSR count). The maximum atomic E-state index is 12.2. The van der Waals surface area contributed by atoms with E-state index in [4.69, 9.17) is 15.6 Å². The van der Waals surface area contributed by atoms with Gasteiger partial charge >= 0.3 is 5.97 Å². The molecule has 1 saturated heterocycles. The molecule has 2 aromatic rings. The minimum Gasteiger partial charge on any atom is -0.481 e. The number of carbonyl (C=O) groups is 2. The number of carboxylic acid groups (broad SMARTS) is 1. The lowest BCUT2D eigenvalue weighted by atomic mass is 10.1. The van der Waals surface area contributed by atoms with Gasteiger partial charge in [0, 0.05) is 6.42 Å². The lowest BCUT2D eigenvalue weighted by Crippen LogP contribution is -2.37. The monoisotopic (exact) mass is 412 g/mol. The van der Waals surface area contributed by atoms with Crippen molar-refractivity contribution in [2.45, 2.75) is 43.4 Å². The van der Waals surface area contributed by atoms with E-state index in [1.54, 1.807) is 0 Å². The Bertz CT molecular complexity index is 973. The van der Waals surface area contributed by atoms with E-state index < -0.39 is 54.6 Å². The zero-order valence-electron chi connectivity index (χ0n) is 14.9. The Labute approximate surface area is 161 Å². The molecule has 0 aliphatic carbocycles. The Hall–Kier alpha value is -2.91. The number of hydrogen-bond acceptors (Lipinski definition) is 10. The van der Waals surface area contributed by atoms with Crippen LogP contribution in [-0.4, -0.2) is 82.8 Å². The Morgan fingerprint density at radius 2 is 2.10 bits per heavy atom. The van der Waals surface area contributed by atoms with Gasteiger partial charge in [0.25, 0.3) is 5.56 Å². The number of anilines is 1. The average Bonchev–Trinajstić information content (AvgIpc) is 3.21. The van der Waals surface area contributed by atoms with Gasteiger partial charge in [0.15, 0.2) is 17.4 Å². The van der Waals surface area contributed by atoms with Crippen LogP contribution < -0.4 is 16.6 Å². The molecule has 1 aliphatic rings. The predicted molar refractivity (Wildman–Crippen MR) is 94.6 cm³/mol.